The average molecular weight is 562 g/mol. The summed E-state index contributed by atoms with van der Waals surface area (Å²) in [6.07, 6.45) is 1.89. The summed E-state index contributed by atoms with van der Waals surface area (Å²) in [5, 5.41) is 15.2. The van der Waals surface area contributed by atoms with E-state index in [4.69, 9.17) is 14.5 Å². The molecular formula is C24H31IN6O2. The maximum atomic E-state index is 5.60. The highest BCUT2D eigenvalue weighted by Crippen LogP contribution is 2.25. The second-order valence-corrected chi connectivity index (χ2v) is 7.81. The van der Waals surface area contributed by atoms with Gasteiger partial charge < -0.3 is 24.7 Å². The van der Waals surface area contributed by atoms with Crippen LogP contribution in [-0.2, 0) is 33.0 Å². The molecule has 8 nitrogen and oxygen atoms in total. The molecule has 33 heavy (non-hydrogen) atoms. The van der Waals surface area contributed by atoms with Gasteiger partial charge in [-0.3, -0.25) is 0 Å². The van der Waals surface area contributed by atoms with Gasteiger partial charge in [0.1, 0.15) is 17.3 Å². The van der Waals surface area contributed by atoms with E-state index in [1.54, 1.807) is 7.11 Å². The minimum absolute atomic E-state index is 0. The number of hydrogen-bond acceptors (Lipinski definition) is 5. The summed E-state index contributed by atoms with van der Waals surface area (Å²) in [5.41, 5.74) is 3.70. The van der Waals surface area contributed by atoms with Gasteiger partial charge in [-0.05, 0) is 48.2 Å². The van der Waals surface area contributed by atoms with Crippen LogP contribution in [0.3, 0.4) is 0 Å². The molecule has 0 radical (unpaired) electrons. The van der Waals surface area contributed by atoms with Gasteiger partial charge >= 0.3 is 0 Å². The lowest BCUT2D eigenvalue weighted by Crippen LogP contribution is -2.38. The molecule has 1 aromatic heterocycles. The van der Waals surface area contributed by atoms with Gasteiger partial charge in [-0.15, -0.1) is 34.2 Å². The van der Waals surface area contributed by atoms with Crippen LogP contribution in [-0.4, -0.2) is 41.0 Å². The summed E-state index contributed by atoms with van der Waals surface area (Å²) < 4.78 is 12.8. The maximum Gasteiger partial charge on any atom is 0.191 e. The maximum absolute atomic E-state index is 5.60. The summed E-state index contributed by atoms with van der Waals surface area (Å²) in [4.78, 5) is 4.77. The molecule has 0 atom stereocenters. The zero-order valence-corrected chi connectivity index (χ0v) is 21.6. The van der Waals surface area contributed by atoms with E-state index in [-0.39, 0.29) is 24.0 Å². The number of guanidine groups is 1. The Morgan fingerprint density at radius 1 is 1.12 bits per heavy atom. The number of methoxy groups -OCH3 is 1. The van der Waals surface area contributed by atoms with Gasteiger partial charge in [-0.2, -0.15) is 0 Å². The Balaban J connectivity index is 0.00000306. The van der Waals surface area contributed by atoms with Crippen molar-refractivity contribution in [2.45, 2.75) is 32.9 Å². The zero-order chi connectivity index (χ0) is 22.3. The first-order valence-electron chi connectivity index (χ1n) is 10.9. The first-order chi connectivity index (χ1) is 15.6. The van der Waals surface area contributed by atoms with Gasteiger partial charge in [0.05, 0.1) is 26.8 Å². The fourth-order valence-corrected chi connectivity index (χ4v) is 3.56. The van der Waals surface area contributed by atoms with E-state index < -0.39 is 0 Å². The number of nitrogens with zero attached hydrogens (tertiary/aromatic N) is 4. The number of rotatable bonds is 8. The number of fused-ring (bicyclic) bond motifs is 1. The molecule has 1 aliphatic rings. The van der Waals surface area contributed by atoms with Crippen molar-refractivity contribution >= 4 is 29.9 Å². The molecule has 4 rings (SSSR count). The molecule has 0 aliphatic carbocycles. The number of aromatic nitrogens is 3. The van der Waals surface area contributed by atoms with Crippen molar-refractivity contribution in [2.24, 2.45) is 12.0 Å². The van der Waals surface area contributed by atoms with Gasteiger partial charge in [0, 0.05) is 20.0 Å². The molecule has 1 aliphatic heterocycles. The van der Waals surface area contributed by atoms with E-state index in [9.17, 15) is 0 Å². The predicted octanol–water partition coefficient (Wildman–Crippen LogP) is 3.16. The number of aliphatic imine (C=N–C) groups is 1. The number of hydrogen-bond donors (Lipinski definition) is 2. The lowest BCUT2D eigenvalue weighted by Gasteiger charge is -2.13. The fraction of sp³-hybridized carbons (Fsp3) is 0.375. The summed E-state index contributed by atoms with van der Waals surface area (Å²) in [6.45, 7) is 4.60. The van der Waals surface area contributed by atoms with Crippen molar-refractivity contribution in [3.8, 4) is 11.5 Å². The summed E-state index contributed by atoms with van der Waals surface area (Å²) >= 11 is 0. The first kappa shape index (κ1) is 24.8. The van der Waals surface area contributed by atoms with E-state index in [1.807, 2.05) is 42.8 Å². The normalized spacial score (nSPS) is 12.5. The largest absolute Gasteiger partial charge is 0.497 e. The molecule has 0 saturated heterocycles. The van der Waals surface area contributed by atoms with Crippen LogP contribution >= 0.6 is 24.0 Å². The van der Waals surface area contributed by atoms with Crippen molar-refractivity contribution in [2.75, 3.05) is 20.3 Å². The van der Waals surface area contributed by atoms with Crippen LogP contribution in [0.5, 0.6) is 11.5 Å². The molecule has 2 heterocycles. The van der Waals surface area contributed by atoms with Crippen LogP contribution in [0.25, 0.3) is 0 Å². The summed E-state index contributed by atoms with van der Waals surface area (Å²) in [7, 11) is 3.63. The Bertz CT molecular complexity index is 1080. The monoisotopic (exact) mass is 562 g/mol. The Labute approximate surface area is 211 Å². The molecule has 9 heteroatoms. The topological polar surface area (TPSA) is 85.6 Å². The number of halogens is 1. The third-order valence-electron chi connectivity index (χ3n) is 5.64. The fourth-order valence-electron chi connectivity index (χ4n) is 3.56. The van der Waals surface area contributed by atoms with Crippen LogP contribution in [0.15, 0.2) is 47.5 Å². The average Bonchev–Trinajstić information content (AvgIpc) is 3.42. The Morgan fingerprint density at radius 3 is 2.64 bits per heavy atom. The summed E-state index contributed by atoms with van der Waals surface area (Å²) in [5.74, 6) is 4.34. The standard InChI is InChI=1S/C24H30N6O2.HI/c1-17-28-29-23(30(17)2)16-27-24(26-15-19-4-7-21(31-3)8-5-19)25-12-10-18-6-9-22-20(14-18)11-13-32-22;/h4-9,14H,10-13,15-16H2,1-3H3,(H2,25,26,27);1H. The SMILES string of the molecule is COc1ccc(CN=C(NCCc2ccc3c(c2)CCO3)NCc2nnc(C)n2C)cc1.I. The Morgan fingerprint density at radius 2 is 1.91 bits per heavy atom. The van der Waals surface area contributed by atoms with Crippen molar-refractivity contribution in [1.29, 1.82) is 0 Å². The molecule has 0 saturated carbocycles. The molecule has 176 valence electrons. The molecule has 0 amide bonds. The van der Waals surface area contributed by atoms with E-state index >= 15 is 0 Å². The Kier molecular flexibility index (Phi) is 8.93. The van der Waals surface area contributed by atoms with Gasteiger partial charge in [-0.25, -0.2) is 4.99 Å². The van der Waals surface area contributed by atoms with Gasteiger partial charge in [0.25, 0.3) is 0 Å². The van der Waals surface area contributed by atoms with Crippen LogP contribution < -0.4 is 20.1 Å². The lowest BCUT2D eigenvalue weighted by molar-refractivity contribution is 0.357. The van der Waals surface area contributed by atoms with Gasteiger partial charge in [0.2, 0.25) is 0 Å². The minimum Gasteiger partial charge on any atom is -0.497 e. The van der Waals surface area contributed by atoms with Crippen molar-refractivity contribution in [3.05, 3.63) is 70.8 Å². The highest BCUT2D eigenvalue weighted by molar-refractivity contribution is 14.0. The molecule has 2 aromatic carbocycles. The lowest BCUT2D eigenvalue weighted by atomic mass is 10.1. The zero-order valence-electron chi connectivity index (χ0n) is 19.3. The highest BCUT2D eigenvalue weighted by Gasteiger charge is 2.12. The van der Waals surface area contributed by atoms with E-state index in [2.05, 4.69) is 39.0 Å². The van der Waals surface area contributed by atoms with Crippen molar-refractivity contribution < 1.29 is 9.47 Å². The van der Waals surface area contributed by atoms with E-state index in [1.165, 1.54) is 11.1 Å². The van der Waals surface area contributed by atoms with Crippen molar-refractivity contribution in [1.82, 2.24) is 25.4 Å². The predicted molar refractivity (Wildman–Crippen MR) is 139 cm³/mol. The number of ether oxygens (including phenoxy) is 2. The molecule has 0 bridgehead atoms. The van der Waals surface area contributed by atoms with Crippen LogP contribution in [0, 0.1) is 6.92 Å². The highest BCUT2D eigenvalue weighted by atomic mass is 127. The molecule has 3 aromatic rings. The van der Waals surface area contributed by atoms with Crippen LogP contribution in [0.2, 0.25) is 0 Å². The third-order valence-corrected chi connectivity index (χ3v) is 5.64. The third kappa shape index (κ3) is 6.59. The number of nitrogens with one attached hydrogen (secondary N) is 2. The van der Waals surface area contributed by atoms with Gasteiger partial charge in [0.15, 0.2) is 11.8 Å². The minimum atomic E-state index is 0. The van der Waals surface area contributed by atoms with Crippen LogP contribution in [0.1, 0.15) is 28.3 Å². The number of benzene rings is 2. The quantitative estimate of drug-likeness (QED) is 0.249. The second-order valence-electron chi connectivity index (χ2n) is 7.81. The van der Waals surface area contributed by atoms with E-state index in [0.717, 1.165) is 60.7 Å². The Hall–Kier alpha value is -2.82. The molecule has 0 spiro atoms. The first-order valence-corrected chi connectivity index (χ1v) is 10.9. The molecular weight excluding hydrogens is 531 g/mol. The molecule has 2 N–H and O–H groups in total. The second kappa shape index (κ2) is 11.9. The van der Waals surface area contributed by atoms with Crippen molar-refractivity contribution in [3.63, 3.8) is 0 Å². The molecule has 0 unspecified atom stereocenters. The number of aryl methyl sites for hydroxylation is 1. The van der Waals surface area contributed by atoms with Gasteiger partial charge in [-0.1, -0.05) is 24.3 Å². The van der Waals surface area contributed by atoms with Crippen LogP contribution in [0.4, 0.5) is 0 Å². The smallest absolute Gasteiger partial charge is 0.191 e. The van der Waals surface area contributed by atoms with E-state index in [0.29, 0.717) is 13.1 Å². The molecule has 0 fully saturated rings. The summed E-state index contributed by atoms with van der Waals surface area (Å²) in [6, 6.07) is 14.4.